The van der Waals surface area contributed by atoms with Crippen molar-refractivity contribution in [1.29, 1.82) is 0 Å². The van der Waals surface area contributed by atoms with Gasteiger partial charge < -0.3 is 0 Å². The number of hydrogen-bond acceptors (Lipinski definition) is 2. The molecule has 1 rings (SSSR count). The summed E-state index contributed by atoms with van der Waals surface area (Å²) >= 11 is 0. The molecule has 31 heavy (non-hydrogen) atoms. The van der Waals surface area contributed by atoms with Crippen molar-refractivity contribution in [2.24, 2.45) is 0 Å². The topological polar surface area (TPSA) is 37.4 Å². The molecule has 2 amide bonds. The zero-order valence-electron chi connectivity index (χ0n) is 21.1. The lowest BCUT2D eigenvalue weighted by Crippen LogP contribution is -2.40. The predicted octanol–water partition coefficient (Wildman–Crippen LogP) is 8.51. The number of nitrogens with zero attached hydrogens (tertiary/aromatic N) is 1. The molecule has 1 saturated heterocycles. The molecule has 0 aromatic rings. The van der Waals surface area contributed by atoms with E-state index >= 15 is 0 Å². The number of rotatable bonds is 20. The van der Waals surface area contributed by atoms with Crippen molar-refractivity contribution in [2.75, 3.05) is 0 Å². The fourth-order valence-corrected chi connectivity index (χ4v) is 4.72. The van der Waals surface area contributed by atoms with E-state index in [1.165, 1.54) is 95.5 Å². The molecule has 3 heteroatoms. The molecule has 1 atom stereocenters. The molecule has 0 N–H and O–H groups in total. The SMILES string of the molecule is CCCC=C(C)C(CCCCCCCCCCCCCCCCC)N1C(=O)CCC1=O. The second-order valence-corrected chi connectivity index (χ2v) is 9.65. The first-order valence-electron chi connectivity index (χ1n) is 13.6. The quantitative estimate of drug-likeness (QED) is 0.110. The second-order valence-electron chi connectivity index (χ2n) is 9.65. The third-order valence-corrected chi connectivity index (χ3v) is 6.76. The van der Waals surface area contributed by atoms with Crippen LogP contribution in [0.5, 0.6) is 0 Å². The van der Waals surface area contributed by atoms with Gasteiger partial charge in [0.25, 0.3) is 0 Å². The number of amides is 2. The Hall–Kier alpha value is -1.12. The standard InChI is InChI=1S/C28H51NO2/c1-4-6-8-9-10-11-12-13-14-15-16-17-18-19-20-22-26(25(3)21-7-5-2)29-27(30)23-24-28(29)31/h21,26H,4-20,22-24H2,1-3H3. The third kappa shape index (κ3) is 12.5. The Labute approximate surface area is 193 Å². The Morgan fingerprint density at radius 2 is 1.13 bits per heavy atom. The molecular formula is C28H51NO2. The first-order valence-corrected chi connectivity index (χ1v) is 13.6. The lowest BCUT2D eigenvalue weighted by molar-refractivity contribution is -0.140. The van der Waals surface area contributed by atoms with E-state index in [1.54, 1.807) is 4.90 Å². The van der Waals surface area contributed by atoms with Gasteiger partial charge in [0.2, 0.25) is 11.8 Å². The molecule has 0 aliphatic carbocycles. The monoisotopic (exact) mass is 433 g/mol. The van der Waals surface area contributed by atoms with Crippen LogP contribution in [0.25, 0.3) is 0 Å². The van der Waals surface area contributed by atoms with Crippen LogP contribution in [0, 0.1) is 0 Å². The highest BCUT2D eigenvalue weighted by Gasteiger charge is 2.35. The molecular weight excluding hydrogens is 382 g/mol. The number of likely N-dealkylation sites (tertiary alicyclic amines) is 1. The van der Waals surface area contributed by atoms with E-state index in [-0.39, 0.29) is 17.9 Å². The van der Waals surface area contributed by atoms with Gasteiger partial charge in [-0.1, -0.05) is 128 Å². The minimum atomic E-state index is -0.00368. The highest BCUT2D eigenvalue weighted by atomic mass is 16.2. The maximum absolute atomic E-state index is 12.2. The zero-order valence-corrected chi connectivity index (χ0v) is 21.1. The first kappa shape index (κ1) is 27.9. The van der Waals surface area contributed by atoms with Crippen molar-refractivity contribution < 1.29 is 9.59 Å². The van der Waals surface area contributed by atoms with E-state index in [1.807, 2.05) is 0 Å². The molecule has 0 aromatic heterocycles. The van der Waals surface area contributed by atoms with Crippen LogP contribution in [-0.4, -0.2) is 22.8 Å². The molecule has 1 aliphatic heterocycles. The van der Waals surface area contributed by atoms with Crippen molar-refractivity contribution in [3.63, 3.8) is 0 Å². The number of carbonyl (C=O) groups is 2. The van der Waals surface area contributed by atoms with Gasteiger partial charge in [0, 0.05) is 12.8 Å². The maximum Gasteiger partial charge on any atom is 0.230 e. The van der Waals surface area contributed by atoms with Crippen LogP contribution in [0.3, 0.4) is 0 Å². The fourth-order valence-electron chi connectivity index (χ4n) is 4.72. The molecule has 1 unspecified atom stereocenters. The van der Waals surface area contributed by atoms with Crippen LogP contribution in [-0.2, 0) is 9.59 Å². The molecule has 180 valence electrons. The second kappa shape index (κ2) is 18.5. The summed E-state index contributed by atoms with van der Waals surface area (Å²) in [6, 6.07) is -0.00368. The minimum Gasteiger partial charge on any atom is -0.275 e. The van der Waals surface area contributed by atoms with E-state index in [4.69, 9.17) is 0 Å². The van der Waals surface area contributed by atoms with Crippen molar-refractivity contribution in [2.45, 2.75) is 155 Å². The fraction of sp³-hybridized carbons (Fsp3) is 0.857. The highest BCUT2D eigenvalue weighted by molar-refractivity contribution is 6.02. The Morgan fingerprint density at radius 3 is 1.55 bits per heavy atom. The van der Waals surface area contributed by atoms with Gasteiger partial charge >= 0.3 is 0 Å². The van der Waals surface area contributed by atoms with E-state index in [9.17, 15) is 9.59 Å². The van der Waals surface area contributed by atoms with Gasteiger partial charge in [-0.05, 0) is 19.8 Å². The normalized spacial score (nSPS) is 15.8. The van der Waals surface area contributed by atoms with E-state index in [0.717, 1.165) is 25.7 Å². The van der Waals surface area contributed by atoms with Gasteiger partial charge in [0.05, 0.1) is 6.04 Å². The van der Waals surface area contributed by atoms with Gasteiger partial charge in [-0.15, -0.1) is 0 Å². The summed E-state index contributed by atoms with van der Waals surface area (Å²) in [5, 5.41) is 0. The van der Waals surface area contributed by atoms with Crippen LogP contribution in [0.2, 0.25) is 0 Å². The molecule has 0 radical (unpaired) electrons. The van der Waals surface area contributed by atoms with Crippen LogP contribution in [0.1, 0.15) is 149 Å². The van der Waals surface area contributed by atoms with Crippen LogP contribution in [0.4, 0.5) is 0 Å². The molecule has 0 spiro atoms. The van der Waals surface area contributed by atoms with Gasteiger partial charge in [-0.25, -0.2) is 0 Å². The summed E-state index contributed by atoms with van der Waals surface area (Å²) in [4.78, 5) is 26.1. The number of imide groups is 1. The average molecular weight is 434 g/mol. The third-order valence-electron chi connectivity index (χ3n) is 6.76. The number of allylic oxidation sites excluding steroid dienone is 1. The summed E-state index contributed by atoms with van der Waals surface area (Å²) in [7, 11) is 0. The lowest BCUT2D eigenvalue weighted by Gasteiger charge is -2.27. The smallest absolute Gasteiger partial charge is 0.230 e. The molecule has 0 aromatic carbocycles. The Bertz CT molecular complexity index is 495. The zero-order chi connectivity index (χ0) is 22.7. The summed E-state index contributed by atoms with van der Waals surface area (Å²) < 4.78 is 0. The molecule has 3 nitrogen and oxygen atoms in total. The first-order chi connectivity index (χ1) is 15.1. The van der Waals surface area contributed by atoms with E-state index in [0.29, 0.717) is 12.8 Å². The lowest BCUT2D eigenvalue weighted by atomic mass is 9.97. The predicted molar refractivity (Wildman–Crippen MR) is 133 cm³/mol. The van der Waals surface area contributed by atoms with E-state index in [2.05, 4.69) is 26.8 Å². The number of unbranched alkanes of at least 4 members (excludes halogenated alkanes) is 15. The Balaban J connectivity index is 2.11. The summed E-state index contributed by atoms with van der Waals surface area (Å²) in [5.74, 6) is 0.0559. The van der Waals surface area contributed by atoms with Crippen LogP contribution in [0.15, 0.2) is 11.6 Å². The van der Waals surface area contributed by atoms with Gasteiger partial charge in [0.15, 0.2) is 0 Å². The Morgan fingerprint density at radius 1 is 0.710 bits per heavy atom. The van der Waals surface area contributed by atoms with Gasteiger partial charge in [-0.2, -0.15) is 0 Å². The van der Waals surface area contributed by atoms with Crippen LogP contribution >= 0.6 is 0 Å². The van der Waals surface area contributed by atoms with Crippen molar-refractivity contribution in [3.05, 3.63) is 11.6 Å². The molecule has 0 saturated carbocycles. The Kier molecular flexibility index (Phi) is 16.6. The minimum absolute atomic E-state index is 0.00368. The summed E-state index contributed by atoms with van der Waals surface area (Å²) in [6.07, 6.45) is 26.5. The van der Waals surface area contributed by atoms with Crippen LogP contribution < -0.4 is 0 Å². The highest BCUT2D eigenvalue weighted by Crippen LogP contribution is 2.25. The van der Waals surface area contributed by atoms with Crippen molar-refractivity contribution >= 4 is 11.8 Å². The van der Waals surface area contributed by atoms with Crippen molar-refractivity contribution in [1.82, 2.24) is 4.90 Å². The summed E-state index contributed by atoms with van der Waals surface area (Å²) in [5.41, 5.74) is 1.20. The molecule has 1 fully saturated rings. The number of hydrogen-bond donors (Lipinski definition) is 0. The average Bonchev–Trinajstić information content (AvgIpc) is 3.09. The maximum atomic E-state index is 12.2. The molecule has 0 bridgehead atoms. The summed E-state index contributed by atoms with van der Waals surface area (Å²) in [6.45, 7) is 6.55. The van der Waals surface area contributed by atoms with Gasteiger partial charge in [0.1, 0.15) is 0 Å². The number of carbonyl (C=O) groups excluding carboxylic acids is 2. The molecule has 1 aliphatic rings. The largest absolute Gasteiger partial charge is 0.275 e. The molecule has 1 heterocycles. The van der Waals surface area contributed by atoms with Gasteiger partial charge in [-0.3, -0.25) is 14.5 Å². The van der Waals surface area contributed by atoms with E-state index < -0.39 is 0 Å². The van der Waals surface area contributed by atoms with Crippen molar-refractivity contribution in [3.8, 4) is 0 Å².